The maximum absolute atomic E-state index is 11.6. The summed E-state index contributed by atoms with van der Waals surface area (Å²) in [5.74, 6) is -0.224. The molecule has 2 unspecified atom stereocenters. The lowest BCUT2D eigenvalue weighted by molar-refractivity contribution is 0.0841. The summed E-state index contributed by atoms with van der Waals surface area (Å²) in [5, 5.41) is 19.2. The third kappa shape index (κ3) is 3.03. The minimum Gasteiger partial charge on any atom is -0.391 e. The second-order valence-corrected chi connectivity index (χ2v) is 3.86. The summed E-state index contributed by atoms with van der Waals surface area (Å²) in [6.07, 6.45) is 0.316. The molecule has 1 heterocycles. The summed E-state index contributed by atoms with van der Waals surface area (Å²) in [7, 11) is 0. The molecule has 16 heavy (non-hydrogen) atoms. The van der Waals surface area contributed by atoms with Crippen molar-refractivity contribution in [1.82, 2.24) is 15.6 Å². The van der Waals surface area contributed by atoms with Crippen molar-refractivity contribution < 1.29 is 14.5 Å². The Morgan fingerprint density at radius 1 is 1.56 bits per heavy atom. The Balaban J connectivity index is 2.45. The van der Waals surface area contributed by atoms with Gasteiger partial charge in [-0.2, -0.15) is 0 Å². The molecule has 0 saturated heterocycles. The summed E-state index contributed by atoms with van der Waals surface area (Å²) >= 11 is 0. The monoisotopic (exact) mass is 227 g/mol. The highest BCUT2D eigenvalue weighted by Gasteiger charge is 2.17. The van der Waals surface area contributed by atoms with Gasteiger partial charge in [-0.25, -0.2) is 4.63 Å². The Morgan fingerprint density at radius 3 is 2.75 bits per heavy atom. The first-order valence-electron chi connectivity index (χ1n) is 5.31. The lowest BCUT2D eigenvalue weighted by atomic mass is 10.0. The molecule has 90 valence electrons. The van der Waals surface area contributed by atoms with E-state index in [0.717, 1.165) is 6.42 Å². The van der Waals surface area contributed by atoms with Gasteiger partial charge in [-0.1, -0.05) is 25.4 Å². The average Bonchev–Trinajstić information content (AvgIpc) is 2.70. The first kappa shape index (κ1) is 12.6. The molecule has 1 aromatic heterocycles. The molecule has 0 aliphatic carbocycles. The zero-order chi connectivity index (χ0) is 12.1. The molecule has 0 aliphatic heterocycles. The molecule has 0 saturated carbocycles. The Kier molecular flexibility index (Phi) is 4.42. The zero-order valence-corrected chi connectivity index (χ0v) is 9.73. The van der Waals surface area contributed by atoms with E-state index in [1.807, 2.05) is 13.8 Å². The van der Waals surface area contributed by atoms with E-state index in [2.05, 4.69) is 20.3 Å². The van der Waals surface area contributed by atoms with Crippen LogP contribution >= 0.6 is 0 Å². The van der Waals surface area contributed by atoms with Crippen molar-refractivity contribution >= 4 is 5.91 Å². The first-order chi connectivity index (χ1) is 7.56. The fourth-order valence-corrected chi connectivity index (χ4v) is 1.19. The first-order valence-corrected chi connectivity index (χ1v) is 5.31. The van der Waals surface area contributed by atoms with E-state index in [4.69, 9.17) is 0 Å². The molecule has 0 radical (unpaired) electrons. The number of hydrogen-bond donors (Lipinski definition) is 2. The molecule has 2 atom stereocenters. The maximum Gasteiger partial charge on any atom is 0.275 e. The van der Waals surface area contributed by atoms with Crippen LogP contribution < -0.4 is 5.32 Å². The number of nitrogens with one attached hydrogen (secondary N) is 1. The second-order valence-electron chi connectivity index (χ2n) is 3.86. The van der Waals surface area contributed by atoms with Gasteiger partial charge in [0.15, 0.2) is 5.69 Å². The quantitative estimate of drug-likeness (QED) is 0.765. The normalized spacial score (nSPS) is 14.5. The molecule has 6 heteroatoms. The molecule has 0 fully saturated rings. The number of carbonyl (C=O) groups is 1. The summed E-state index contributed by atoms with van der Waals surface area (Å²) < 4.78 is 4.42. The molecule has 0 spiro atoms. The molecule has 0 aliphatic rings. The van der Waals surface area contributed by atoms with E-state index in [9.17, 15) is 9.90 Å². The van der Waals surface area contributed by atoms with Gasteiger partial charge in [-0.15, -0.1) is 0 Å². The lowest BCUT2D eigenvalue weighted by Crippen LogP contribution is -2.35. The van der Waals surface area contributed by atoms with E-state index in [1.54, 1.807) is 6.92 Å². The van der Waals surface area contributed by atoms with Crippen molar-refractivity contribution in [3.05, 3.63) is 11.4 Å². The van der Waals surface area contributed by atoms with Gasteiger partial charge in [0.05, 0.1) is 6.10 Å². The summed E-state index contributed by atoms with van der Waals surface area (Å²) in [6, 6.07) is 0. The average molecular weight is 227 g/mol. The van der Waals surface area contributed by atoms with Gasteiger partial charge >= 0.3 is 0 Å². The molecule has 1 amide bonds. The van der Waals surface area contributed by atoms with Crippen LogP contribution in [0.1, 0.15) is 36.5 Å². The third-order valence-corrected chi connectivity index (χ3v) is 2.64. The van der Waals surface area contributed by atoms with E-state index in [-0.39, 0.29) is 24.1 Å². The SMILES string of the molecule is CCC(C)C(O)CNC(=O)c1nonc1C. The standard InChI is InChI=1S/C10H17N3O3/c1-4-6(2)8(14)5-11-10(15)9-7(3)12-16-13-9/h6,8,14H,4-5H2,1-3H3,(H,11,15). The van der Waals surface area contributed by atoms with Gasteiger partial charge in [0.2, 0.25) is 0 Å². The molecule has 1 rings (SSSR count). The number of aryl methyl sites for hydroxylation is 1. The van der Waals surface area contributed by atoms with E-state index in [1.165, 1.54) is 0 Å². The highest BCUT2D eigenvalue weighted by molar-refractivity contribution is 5.92. The van der Waals surface area contributed by atoms with Crippen molar-refractivity contribution in [2.75, 3.05) is 6.54 Å². The molecular formula is C10H17N3O3. The predicted molar refractivity (Wildman–Crippen MR) is 56.8 cm³/mol. The number of aromatic nitrogens is 2. The van der Waals surface area contributed by atoms with Crippen LogP contribution in [0.4, 0.5) is 0 Å². The Labute approximate surface area is 94.0 Å². The Morgan fingerprint density at radius 2 is 2.25 bits per heavy atom. The van der Waals surface area contributed by atoms with E-state index >= 15 is 0 Å². The predicted octanol–water partition coefficient (Wildman–Crippen LogP) is 0.515. The Hall–Kier alpha value is -1.43. The van der Waals surface area contributed by atoms with Gasteiger partial charge in [0.25, 0.3) is 5.91 Å². The smallest absolute Gasteiger partial charge is 0.275 e. The number of carbonyl (C=O) groups excluding carboxylic acids is 1. The van der Waals surface area contributed by atoms with Gasteiger partial charge in [0.1, 0.15) is 5.69 Å². The molecule has 1 aromatic rings. The lowest BCUT2D eigenvalue weighted by Gasteiger charge is -2.16. The van der Waals surface area contributed by atoms with Crippen LogP contribution in [0, 0.1) is 12.8 Å². The van der Waals surface area contributed by atoms with Crippen molar-refractivity contribution in [3.63, 3.8) is 0 Å². The number of aliphatic hydroxyl groups is 1. The zero-order valence-electron chi connectivity index (χ0n) is 9.73. The molecule has 2 N–H and O–H groups in total. The highest BCUT2D eigenvalue weighted by Crippen LogP contribution is 2.06. The minimum absolute atomic E-state index is 0.150. The summed E-state index contributed by atoms with van der Waals surface area (Å²) in [5.41, 5.74) is 0.604. The highest BCUT2D eigenvalue weighted by atomic mass is 16.6. The van der Waals surface area contributed by atoms with Crippen LogP contribution in [-0.2, 0) is 0 Å². The van der Waals surface area contributed by atoms with Crippen molar-refractivity contribution in [2.24, 2.45) is 5.92 Å². The molecule has 0 aromatic carbocycles. The largest absolute Gasteiger partial charge is 0.391 e. The van der Waals surface area contributed by atoms with Gasteiger partial charge in [-0.3, -0.25) is 4.79 Å². The molecular weight excluding hydrogens is 210 g/mol. The fraction of sp³-hybridized carbons (Fsp3) is 0.700. The Bertz CT molecular complexity index is 351. The third-order valence-electron chi connectivity index (χ3n) is 2.64. The number of rotatable bonds is 5. The maximum atomic E-state index is 11.6. The van der Waals surface area contributed by atoms with E-state index in [0.29, 0.717) is 5.69 Å². The van der Waals surface area contributed by atoms with Crippen LogP contribution in [-0.4, -0.2) is 34.0 Å². The molecule has 0 bridgehead atoms. The second kappa shape index (κ2) is 5.60. The van der Waals surface area contributed by atoms with Crippen LogP contribution in [0.5, 0.6) is 0 Å². The van der Waals surface area contributed by atoms with Crippen molar-refractivity contribution in [3.8, 4) is 0 Å². The minimum atomic E-state index is -0.547. The van der Waals surface area contributed by atoms with Crippen molar-refractivity contribution in [2.45, 2.75) is 33.3 Å². The van der Waals surface area contributed by atoms with Crippen molar-refractivity contribution in [1.29, 1.82) is 0 Å². The van der Waals surface area contributed by atoms with Gasteiger partial charge in [-0.05, 0) is 18.0 Å². The summed E-state index contributed by atoms with van der Waals surface area (Å²) in [6.45, 7) is 5.76. The molecule has 6 nitrogen and oxygen atoms in total. The van der Waals surface area contributed by atoms with Crippen LogP contribution in [0.3, 0.4) is 0 Å². The summed E-state index contributed by atoms with van der Waals surface area (Å²) in [4.78, 5) is 11.6. The van der Waals surface area contributed by atoms with Crippen LogP contribution in [0.15, 0.2) is 4.63 Å². The number of nitrogens with zero attached hydrogens (tertiary/aromatic N) is 2. The number of aliphatic hydroxyl groups excluding tert-OH is 1. The fourth-order valence-electron chi connectivity index (χ4n) is 1.19. The number of amides is 1. The topological polar surface area (TPSA) is 88.2 Å². The van der Waals surface area contributed by atoms with Crippen LogP contribution in [0.25, 0.3) is 0 Å². The number of hydrogen-bond acceptors (Lipinski definition) is 5. The van der Waals surface area contributed by atoms with Gasteiger partial charge in [0, 0.05) is 6.54 Å². The van der Waals surface area contributed by atoms with Gasteiger partial charge < -0.3 is 10.4 Å². The van der Waals surface area contributed by atoms with E-state index < -0.39 is 6.10 Å². The van der Waals surface area contributed by atoms with Crippen LogP contribution in [0.2, 0.25) is 0 Å².